The second-order valence-corrected chi connectivity index (χ2v) is 15.0. The van der Waals surface area contributed by atoms with E-state index in [4.69, 9.17) is 14.2 Å². The highest BCUT2D eigenvalue weighted by Gasteiger charge is 2.17. The summed E-state index contributed by atoms with van der Waals surface area (Å²) in [5, 5.41) is 0. The smallest absolute Gasteiger partial charge is 0.306 e. The first-order valence-electron chi connectivity index (χ1n) is 22.2. The van der Waals surface area contributed by atoms with Crippen molar-refractivity contribution >= 4 is 11.9 Å². The van der Waals surface area contributed by atoms with Gasteiger partial charge in [0.15, 0.2) is 6.10 Å². The van der Waals surface area contributed by atoms with Gasteiger partial charge in [-0.05, 0) is 44.9 Å². The summed E-state index contributed by atoms with van der Waals surface area (Å²) in [6.07, 6.45) is 45.0. The summed E-state index contributed by atoms with van der Waals surface area (Å²) in [6.45, 7) is 7.80. The van der Waals surface area contributed by atoms with Crippen LogP contribution in [0.5, 0.6) is 0 Å². The molecule has 0 rings (SSSR count). The fourth-order valence-electron chi connectivity index (χ4n) is 6.45. The van der Waals surface area contributed by atoms with Crippen molar-refractivity contribution in [3.8, 4) is 0 Å². The van der Waals surface area contributed by atoms with E-state index in [1.807, 2.05) is 0 Å². The van der Waals surface area contributed by atoms with E-state index in [9.17, 15) is 9.59 Å². The van der Waals surface area contributed by atoms with E-state index in [1.165, 1.54) is 167 Å². The minimum atomic E-state index is -0.526. The van der Waals surface area contributed by atoms with Crippen LogP contribution in [0.3, 0.4) is 0 Å². The van der Waals surface area contributed by atoms with Gasteiger partial charge in [0.05, 0.1) is 6.61 Å². The number of esters is 2. The zero-order valence-corrected chi connectivity index (χ0v) is 33.9. The maximum absolute atomic E-state index is 12.6. The Bertz CT molecular complexity index is 720. The molecule has 0 heterocycles. The first-order chi connectivity index (χ1) is 24.6. The van der Waals surface area contributed by atoms with Gasteiger partial charge in [0.2, 0.25) is 0 Å². The Labute approximate surface area is 312 Å². The van der Waals surface area contributed by atoms with E-state index >= 15 is 0 Å². The quantitative estimate of drug-likeness (QED) is 0.0360. The zero-order valence-electron chi connectivity index (χ0n) is 33.9. The minimum Gasteiger partial charge on any atom is -0.462 e. The summed E-state index contributed by atoms with van der Waals surface area (Å²) in [4.78, 5) is 25.0. The third-order valence-electron chi connectivity index (χ3n) is 9.80. The predicted octanol–water partition coefficient (Wildman–Crippen LogP) is 14.3. The van der Waals surface area contributed by atoms with Gasteiger partial charge < -0.3 is 14.2 Å². The number of hydrogen-bond donors (Lipinski definition) is 0. The van der Waals surface area contributed by atoms with Crippen LogP contribution in [0.25, 0.3) is 0 Å². The average Bonchev–Trinajstić information content (AvgIpc) is 3.11. The fourth-order valence-corrected chi connectivity index (χ4v) is 6.45. The van der Waals surface area contributed by atoms with Gasteiger partial charge in [-0.15, -0.1) is 0 Å². The number of carbonyl (C=O) groups is 2. The topological polar surface area (TPSA) is 61.8 Å². The summed E-state index contributed by atoms with van der Waals surface area (Å²) in [5.74, 6) is -0.395. The SMILES string of the molecule is CCCCCCCC/C=C\CCCCCCCCOCC(COC(=O)CCCCCCCCCCCCC)OC(=O)CCCCCCCCC. The zero-order chi connectivity index (χ0) is 36.4. The lowest BCUT2D eigenvalue weighted by atomic mass is 10.1. The first kappa shape index (κ1) is 48.6. The molecule has 0 aliphatic heterocycles. The maximum Gasteiger partial charge on any atom is 0.306 e. The van der Waals surface area contributed by atoms with Crippen LogP contribution in [0.4, 0.5) is 0 Å². The second-order valence-electron chi connectivity index (χ2n) is 15.0. The molecule has 0 saturated heterocycles. The van der Waals surface area contributed by atoms with Crippen molar-refractivity contribution in [1.82, 2.24) is 0 Å². The maximum atomic E-state index is 12.6. The Morgan fingerprint density at radius 2 is 0.780 bits per heavy atom. The Morgan fingerprint density at radius 1 is 0.420 bits per heavy atom. The molecule has 0 N–H and O–H groups in total. The van der Waals surface area contributed by atoms with Crippen LogP contribution in [0.2, 0.25) is 0 Å². The van der Waals surface area contributed by atoms with Crippen molar-refractivity contribution < 1.29 is 23.8 Å². The molecule has 0 spiro atoms. The molecule has 0 aromatic carbocycles. The van der Waals surface area contributed by atoms with Gasteiger partial charge in [-0.2, -0.15) is 0 Å². The molecular weight excluding hydrogens is 620 g/mol. The summed E-state index contributed by atoms with van der Waals surface area (Å²) >= 11 is 0. The Kier molecular flexibility index (Phi) is 40.9. The van der Waals surface area contributed by atoms with Crippen LogP contribution < -0.4 is 0 Å². The number of ether oxygens (including phenoxy) is 3. The van der Waals surface area contributed by atoms with Crippen molar-refractivity contribution in [3.63, 3.8) is 0 Å². The molecule has 5 heteroatoms. The van der Waals surface area contributed by atoms with E-state index in [0.717, 1.165) is 38.5 Å². The first-order valence-corrected chi connectivity index (χ1v) is 22.2. The highest BCUT2D eigenvalue weighted by atomic mass is 16.6. The number of unbranched alkanes of at least 4 members (excludes halogenated alkanes) is 28. The largest absolute Gasteiger partial charge is 0.462 e. The van der Waals surface area contributed by atoms with Crippen LogP contribution in [-0.4, -0.2) is 37.9 Å². The van der Waals surface area contributed by atoms with Crippen molar-refractivity contribution in [2.75, 3.05) is 19.8 Å². The van der Waals surface area contributed by atoms with Crippen LogP contribution in [0, 0.1) is 0 Å². The molecule has 0 aromatic heterocycles. The third-order valence-corrected chi connectivity index (χ3v) is 9.80. The molecule has 5 nitrogen and oxygen atoms in total. The lowest BCUT2D eigenvalue weighted by Crippen LogP contribution is -2.30. The molecule has 0 aliphatic carbocycles. The molecule has 296 valence electrons. The normalized spacial score (nSPS) is 12.1. The van der Waals surface area contributed by atoms with Gasteiger partial charge in [0.1, 0.15) is 6.61 Å². The van der Waals surface area contributed by atoms with Gasteiger partial charge in [0, 0.05) is 19.4 Å². The van der Waals surface area contributed by atoms with E-state index < -0.39 is 6.10 Å². The molecule has 1 atom stereocenters. The standard InChI is InChI=1S/C45H86O5/c1-4-7-10-13-16-18-20-21-22-23-24-26-28-31-34-37-40-48-41-43(50-45(47)39-36-33-29-15-12-9-6-3)42-49-44(46)38-35-32-30-27-25-19-17-14-11-8-5-2/h21-22,43H,4-20,23-42H2,1-3H3/b22-21-. The van der Waals surface area contributed by atoms with Gasteiger partial charge in [0.25, 0.3) is 0 Å². The molecule has 0 aromatic rings. The molecule has 1 unspecified atom stereocenters. The number of carbonyl (C=O) groups excluding carboxylic acids is 2. The summed E-state index contributed by atoms with van der Waals surface area (Å²) < 4.78 is 17.2. The summed E-state index contributed by atoms with van der Waals surface area (Å²) in [5.41, 5.74) is 0. The van der Waals surface area contributed by atoms with Gasteiger partial charge in [-0.3, -0.25) is 9.59 Å². The van der Waals surface area contributed by atoms with E-state index in [2.05, 4.69) is 32.9 Å². The highest BCUT2D eigenvalue weighted by Crippen LogP contribution is 2.14. The minimum absolute atomic E-state index is 0.0903. The Hall–Kier alpha value is -1.36. The molecule has 0 bridgehead atoms. The van der Waals surface area contributed by atoms with Gasteiger partial charge in [-0.1, -0.05) is 193 Å². The Balaban J connectivity index is 4.12. The molecule has 0 fully saturated rings. The van der Waals surface area contributed by atoms with Crippen LogP contribution >= 0.6 is 0 Å². The van der Waals surface area contributed by atoms with Crippen LogP contribution in [0.1, 0.15) is 239 Å². The highest BCUT2D eigenvalue weighted by molar-refractivity contribution is 5.70. The number of rotatable bonds is 41. The molecule has 50 heavy (non-hydrogen) atoms. The van der Waals surface area contributed by atoms with Gasteiger partial charge >= 0.3 is 11.9 Å². The molecule has 0 saturated carbocycles. The van der Waals surface area contributed by atoms with Crippen LogP contribution in [0.15, 0.2) is 12.2 Å². The number of allylic oxidation sites excluding steroid dienone is 2. The summed E-state index contributed by atoms with van der Waals surface area (Å²) in [6, 6.07) is 0. The van der Waals surface area contributed by atoms with E-state index in [1.54, 1.807) is 0 Å². The molecule has 0 amide bonds. The summed E-state index contributed by atoms with van der Waals surface area (Å²) in [7, 11) is 0. The molecule has 0 radical (unpaired) electrons. The molecule has 0 aliphatic rings. The predicted molar refractivity (Wildman–Crippen MR) is 215 cm³/mol. The molecular formula is C45H86O5. The van der Waals surface area contributed by atoms with Crippen molar-refractivity contribution in [1.29, 1.82) is 0 Å². The van der Waals surface area contributed by atoms with Crippen LogP contribution in [-0.2, 0) is 23.8 Å². The second kappa shape index (κ2) is 42.1. The third kappa shape index (κ3) is 39.4. The Morgan fingerprint density at radius 3 is 1.22 bits per heavy atom. The fraction of sp³-hybridized carbons (Fsp3) is 0.911. The van der Waals surface area contributed by atoms with Crippen molar-refractivity contribution in [2.24, 2.45) is 0 Å². The van der Waals surface area contributed by atoms with E-state index in [0.29, 0.717) is 26.1 Å². The lowest BCUT2D eigenvalue weighted by molar-refractivity contribution is -0.163. The number of hydrogen-bond acceptors (Lipinski definition) is 5. The average molecular weight is 707 g/mol. The van der Waals surface area contributed by atoms with E-state index in [-0.39, 0.29) is 18.5 Å². The van der Waals surface area contributed by atoms with Gasteiger partial charge in [-0.25, -0.2) is 0 Å². The van der Waals surface area contributed by atoms with Crippen molar-refractivity contribution in [2.45, 2.75) is 245 Å². The monoisotopic (exact) mass is 707 g/mol. The van der Waals surface area contributed by atoms with Crippen molar-refractivity contribution in [3.05, 3.63) is 12.2 Å². The lowest BCUT2D eigenvalue weighted by Gasteiger charge is -2.18.